The molecule has 1 fully saturated rings. The second-order valence-electron chi connectivity index (χ2n) is 6.17. The summed E-state index contributed by atoms with van der Waals surface area (Å²) in [4.78, 5) is 0.541. The van der Waals surface area contributed by atoms with E-state index in [4.69, 9.17) is 0 Å². The van der Waals surface area contributed by atoms with E-state index in [1.807, 2.05) is 0 Å². The Morgan fingerprint density at radius 2 is 1.68 bits per heavy atom. The maximum Gasteiger partial charge on any atom is 0.0395 e. The van der Waals surface area contributed by atoms with Crippen molar-refractivity contribution >= 4 is 15.9 Å². The molecule has 1 saturated carbocycles. The fourth-order valence-electron chi connectivity index (χ4n) is 3.12. The molecule has 1 aromatic rings. The van der Waals surface area contributed by atoms with Crippen molar-refractivity contribution in [2.24, 2.45) is 5.92 Å². The highest BCUT2D eigenvalue weighted by Crippen LogP contribution is 2.35. The van der Waals surface area contributed by atoms with Crippen LogP contribution in [0.1, 0.15) is 80.7 Å². The minimum Gasteiger partial charge on any atom is -0.0839 e. The largest absolute Gasteiger partial charge is 0.0839 e. The van der Waals surface area contributed by atoms with Crippen LogP contribution in [0.4, 0.5) is 0 Å². The van der Waals surface area contributed by atoms with Gasteiger partial charge < -0.3 is 0 Å². The van der Waals surface area contributed by atoms with E-state index in [1.54, 1.807) is 0 Å². The predicted molar refractivity (Wildman–Crippen MR) is 88.0 cm³/mol. The van der Waals surface area contributed by atoms with Crippen LogP contribution in [-0.2, 0) is 0 Å². The van der Waals surface area contributed by atoms with Crippen LogP contribution >= 0.6 is 15.9 Å². The monoisotopic (exact) mass is 322 g/mol. The fraction of sp³-hybridized carbons (Fsp3) is 0.667. The smallest absolute Gasteiger partial charge is 0.0395 e. The molecule has 0 heterocycles. The number of rotatable bonds is 6. The number of halogens is 1. The normalized spacial score (nSPS) is 19.5. The molecule has 0 aromatic heterocycles. The first-order valence-corrected chi connectivity index (χ1v) is 8.86. The molecule has 19 heavy (non-hydrogen) atoms. The van der Waals surface area contributed by atoms with Gasteiger partial charge in [0.15, 0.2) is 0 Å². The first-order chi connectivity index (χ1) is 9.20. The van der Waals surface area contributed by atoms with Gasteiger partial charge in [-0.1, -0.05) is 79.7 Å². The molecule has 0 saturated heterocycles. The van der Waals surface area contributed by atoms with Crippen molar-refractivity contribution < 1.29 is 0 Å². The minimum absolute atomic E-state index is 0.541. The van der Waals surface area contributed by atoms with Crippen LogP contribution in [0.2, 0.25) is 0 Å². The van der Waals surface area contributed by atoms with Gasteiger partial charge in [-0.05, 0) is 42.2 Å². The highest BCUT2D eigenvalue weighted by Gasteiger charge is 2.17. The van der Waals surface area contributed by atoms with Crippen LogP contribution in [-0.4, -0.2) is 0 Å². The van der Waals surface area contributed by atoms with Gasteiger partial charge in [-0.15, -0.1) is 0 Å². The van der Waals surface area contributed by atoms with Gasteiger partial charge in [0.25, 0.3) is 0 Å². The fourth-order valence-corrected chi connectivity index (χ4v) is 3.69. The maximum atomic E-state index is 3.87. The predicted octanol–water partition coefficient (Wildman–Crippen LogP) is 6.61. The lowest BCUT2D eigenvalue weighted by Crippen LogP contribution is -1.98. The molecule has 0 nitrogen and oxygen atoms in total. The zero-order valence-corrected chi connectivity index (χ0v) is 14.0. The van der Waals surface area contributed by atoms with E-state index >= 15 is 0 Å². The Kier molecular flexibility index (Phi) is 5.94. The Hall–Kier alpha value is -0.300. The van der Waals surface area contributed by atoms with Crippen molar-refractivity contribution in [3.63, 3.8) is 0 Å². The Labute approximate surface area is 127 Å². The summed E-state index contributed by atoms with van der Waals surface area (Å²) in [5.74, 6) is 1.68. The van der Waals surface area contributed by atoms with E-state index in [1.165, 1.54) is 56.1 Å². The standard InChI is InChI=1S/C18H27Br/c1-3-14(2)16-9-11-17(12-10-16)18(19)13-8-15-6-4-5-7-15/h9-12,14-15,18H,3-8,13H2,1-2H3. The summed E-state index contributed by atoms with van der Waals surface area (Å²) >= 11 is 3.87. The van der Waals surface area contributed by atoms with Crippen molar-refractivity contribution in [1.82, 2.24) is 0 Å². The average Bonchev–Trinajstić information content (AvgIpc) is 2.97. The van der Waals surface area contributed by atoms with Crippen molar-refractivity contribution in [3.8, 4) is 0 Å². The van der Waals surface area contributed by atoms with E-state index in [9.17, 15) is 0 Å². The Balaban J connectivity index is 1.86. The molecule has 0 amide bonds. The minimum atomic E-state index is 0.541. The van der Waals surface area contributed by atoms with E-state index < -0.39 is 0 Å². The van der Waals surface area contributed by atoms with Crippen LogP contribution in [0.15, 0.2) is 24.3 Å². The van der Waals surface area contributed by atoms with Gasteiger partial charge in [-0.2, -0.15) is 0 Å². The lowest BCUT2D eigenvalue weighted by atomic mass is 9.95. The second kappa shape index (κ2) is 7.47. The first-order valence-electron chi connectivity index (χ1n) is 7.94. The van der Waals surface area contributed by atoms with E-state index in [-0.39, 0.29) is 0 Å². The first kappa shape index (κ1) is 15.1. The van der Waals surface area contributed by atoms with Crippen molar-refractivity contribution in [3.05, 3.63) is 35.4 Å². The van der Waals surface area contributed by atoms with Crippen LogP contribution in [0.3, 0.4) is 0 Å². The highest BCUT2D eigenvalue weighted by atomic mass is 79.9. The van der Waals surface area contributed by atoms with Crippen molar-refractivity contribution in [1.29, 1.82) is 0 Å². The third-order valence-corrected chi connectivity index (χ3v) is 5.77. The van der Waals surface area contributed by atoms with Crippen LogP contribution in [0.25, 0.3) is 0 Å². The molecule has 2 rings (SSSR count). The summed E-state index contributed by atoms with van der Waals surface area (Å²) in [7, 11) is 0. The summed E-state index contributed by atoms with van der Waals surface area (Å²) in [5, 5.41) is 0. The van der Waals surface area contributed by atoms with Gasteiger partial charge in [0.05, 0.1) is 0 Å². The summed E-state index contributed by atoms with van der Waals surface area (Å²) < 4.78 is 0. The molecule has 0 bridgehead atoms. The number of hydrogen-bond acceptors (Lipinski definition) is 0. The van der Waals surface area contributed by atoms with Gasteiger partial charge in [-0.25, -0.2) is 0 Å². The Morgan fingerprint density at radius 3 is 2.26 bits per heavy atom. The third kappa shape index (κ3) is 4.34. The molecular formula is C18H27Br. The Bertz CT molecular complexity index is 362. The SMILES string of the molecule is CCC(C)c1ccc(C(Br)CCC2CCCC2)cc1. The zero-order valence-electron chi connectivity index (χ0n) is 12.4. The van der Waals surface area contributed by atoms with E-state index in [2.05, 4.69) is 54.0 Å². The summed E-state index contributed by atoms with van der Waals surface area (Å²) in [6.45, 7) is 4.56. The van der Waals surface area contributed by atoms with Gasteiger partial charge in [0, 0.05) is 4.83 Å². The molecule has 1 aliphatic carbocycles. The van der Waals surface area contributed by atoms with Crippen LogP contribution < -0.4 is 0 Å². The Morgan fingerprint density at radius 1 is 1.11 bits per heavy atom. The summed E-state index contributed by atoms with van der Waals surface area (Å²) in [6, 6.07) is 9.26. The maximum absolute atomic E-state index is 3.87. The number of benzene rings is 1. The molecule has 2 unspecified atom stereocenters. The molecule has 2 atom stereocenters. The topological polar surface area (TPSA) is 0 Å². The molecule has 1 aliphatic rings. The van der Waals surface area contributed by atoms with Crippen molar-refractivity contribution in [2.75, 3.05) is 0 Å². The zero-order chi connectivity index (χ0) is 13.7. The molecule has 1 heteroatoms. The van der Waals surface area contributed by atoms with Gasteiger partial charge >= 0.3 is 0 Å². The molecule has 0 radical (unpaired) electrons. The molecule has 106 valence electrons. The molecule has 0 spiro atoms. The van der Waals surface area contributed by atoms with Crippen LogP contribution in [0, 0.1) is 5.92 Å². The lowest BCUT2D eigenvalue weighted by Gasteiger charge is -2.15. The summed E-state index contributed by atoms with van der Waals surface area (Å²) in [5.41, 5.74) is 2.92. The lowest BCUT2D eigenvalue weighted by molar-refractivity contribution is 0.483. The van der Waals surface area contributed by atoms with Crippen LogP contribution in [0.5, 0.6) is 0 Å². The number of hydrogen-bond donors (Lipinski definition) is 0. The molecular weight excluding hydrogens is 296 g/mol. The van der Waals surface area contributed by atoms with Gasteiger partial charge in [-0.3, -0.25) is 0 Å². The second-order valence-corrected chi connectivity index (χ2v) is 7.28. The average molecular weight is 323 g/mol. The summed E-state index contributed by atoms with van der Waals surface area (Å²) in [6.07, 6.45) is 9.75. The highest BCUT2D eigenvalue weighted by molar-refractivity contribution is 9.09. The van der Waals surface area contributed by atoms with E-state index in [0.29, 0.717) is 10.7 Å². The van der Waals surface area contributed by atoms with Gasteiger partial charge in [0.2, 0.25) is 0 Å². The quantitative estimate of drug-likeness (QED) is 0.517. The molecule has 1 aromatic carbocycles. The van der Waals surface area contributed by atoms with Crippen molar-refractivity contribution in [2.45, 2.75) is 69.5 Å². The van der Waals surface area contributed by atoms with Gasteiger partial charge in [0.1, 0.15) is 0 Å². The van der Waals surface area contributed by atoms with E-state index in [0.717, 1.165) is 5.92 Å². The third-order valence-electron chi connectivity index (χ3n) is 4.78. The molecule has 0 N–H and O–H groups in total. The number of alkyl halides is 1. The molecule has 0 aliphatic heterocycles.